The lowest BCUT2D eigenvalue weighted by atomic mass is 10.1. The number of sulfonamides is 1. The highest BCUT2D eigenvalue weighted by atomic mass is 32.2. The van der Waals surface area contributed by atoms with Crippen molar-refractivity contribution < 1.29 is 31.3 Å². The van der Waals surface area contributed by atoms with Crippen LogP contribution in [-0.2, 0) is 24.9 Å². The predicted octanol–water partition coefficient (Wildman–Crippen LogP) is 4.96. The third-order valence-electron chi connectivity index (χ3n) is 5.83. The number of nitrogen functional groups attached to an aromatic ring is 1. The Kier molecular flexibility index (Phi) is 7.77. The quantitative estimate of drug-likeness (QED) is 0.127. The molecule has 0 aromatic heterocycles. The Hall–Kier alpha value is -4.53. The Bertz CT molecular complexity index is 1860. The molecule has 0 saturated carbocycles. The summed E-state index contributed by atoms with van der Waals surface area (Å²) in [6, 6.07) is 17.1. The first-order valence-corrected chi connectivity index (χ1v) is 14.6. The number of hydrogen-bond donors (Lipinski definition) is 4. The monoisotopic (exact) mass is 583 g/mol. The third kappa shape index (κ3) is 5.73. The van der Waals surface area contributed by atoms with Gasteiger partial charge in [0, 0.05) is 25.2 Å². The maximum Gasteiger partial charge on any atom is 0.294 e. The predicted molar refractivity (Wildman–Crippen MR) is 151 cm³/mol. The van der Waals surface area contributed by atoms with E-state index in [1.54, 1.807) is 37.3 Å². The fraction of sp³-hybridized carbons (Fsp3) is 0.115. The van der Waals surface area contributed by atoms with Crippen LogP contribution in [0.25, 0.3) is 10.8 Å². The largest absolute Gasteiger partial charge is 0.507 e. The van der Waals surface area contributed by atoms with E-state index in [0.29, 0.717) is 11.4 Å². The van der Waals surface area contributed by atoms with Gasteiger partial charge < -0.3 is 16.2 Å². The number of phenols is 1. The molecule has 0 saturated heterocycles. The number of carbonyl (C=O) groups is 1. The van der Waals surface area contributed by atoms with Crippen LogP contribution in [-0.4, -0.2) is 38.9 Å². The van der Waals surface area contributed by atoms with Crippen molar-refractivity contribution in [2.24, 2.45) is 10.2 Å². The topological polar surface area (TPSA) is 192 Å². The summed E-state index contributed by atoms with van der Waals surface area (Å²) in [4.78, 5) is 10.6. The number of nitrogens with zero attached hydrogens (tertiary/aromatic N) is 3. The van der Waals surface area contributed by atoms with Crippen LogP contribution in [0.5, 0.6) is 5.75 Å². The molecule has 14 heteroatoms. The Labute approximate surface area is 230 Å². The van der Waals surface area contributed by atoms with E-state index in [1.807, 2.05) is 0 Å². The molecule has 4 aromatic carbocycles. The Morgan fingerprint density at radius 3 is 2.27 bits per heavy atom. The SMILES string of the molecule is CCN(c1ccc(NC(C)=O)cc1)S(=O)(=O)c1ccccc1N=Nc1c(N)ccc2cc(S(=O)(=O)O)cc(O)c12. The zero-order valence-corrected chi connectivity index (χ0v) is 22.9. The lowest BCUT2D eigenvalue weighted by Gasteiger charge is -2.23. The zero-order chi connectivity index (χ0) is 29.2. The molecule has 0 heterocycles. The molecule has 208 valence electrons. The van der Waals surface area contributed by atoms with Gasteiger partial charge >= 0.3 is 0 Å². The normalized spacial score (nSPS) is 12.1. The minimum absolute atomic E-state index is 0.0127. The number of anilines is 3. The molecule has 4 aromatic rings. The fourth-order valence-electron chi connectivity index (χ4n) is 4.06. The van der Waals surface area contributed by atoms with Crippen LogP contribution in [0.1, 0.15) is 13.8 Å². The summed E-state index contributed by atoms with van der Waals surface area (Å²) >= 11 is 0. The third-order valence-corrected chi connectivity index (χ3v) is 8.61. The summed E-state index contributed by atoms with van der Waals surface area (Å²) in [5, 5.41) is 21.7. The molecule has 0 spiro atoms. The van der Waals surface area contributed by atoms with E-state index in [0.717, 1.165) is 12.1 Å². The van der Waals surface area contributed by atoms with Crippen molar-refractivity contribution in [2.75, 3.05) is 21.9 Å². The van der Waals surface area contributed by atoms with Crippen molar-refractivity contribution in [3.8, 4) is 5.75 Å². The second kappa shape index (κ2) is 10.9. The van der Waals surface area contributed by atoms with Gasteiger partial charge in [-0.25, -0.2) is 8.42 Å². The van der Waals surface area contributed by atoms with Crippen LogP contribution >= 0.6 is 0 Å². The molecule has 0 radical (unpaired) electrons. The first kappa shape index (κ1) is 28.5. The van der Waals surface area contributed by atoms with Gasteiger partial charge in [0.15, 0.2) is 0 Å². The van der Waals surface area contributed by atoms with Gasteiger partial charge in [-0.3, -0.25) is 13.7 Å². The number of amides is 1. The molecular formula is C26H25N5O7S2. The van der Waals surface area contributed by atoms with Crippen molar-refractivity contribution in [3.05, 3.63) is 72.8 Å². The molecule has 0 aliphatic carbocycles. The van der Waals surface area contributed by atoms with E-state index < -0.39 is 30.8 Å². The molecular weight excluding hydrogens is 558 g/mol. The molecule has 0 fully saturated rings. The van der Waals surface area contributed by atoms with Crippen molar-refractivity contribution in [3.63, 3.8) is 0 Å². The summed E-state index contributed by atoms with van der Waals surface area (Å²) in [7, 11) is -8.73. The van der Waals surface area contributed by atoms with Crippen molar-refractivity contribution in [2.45, 2.75) is 23.6 Å². The van der Waals surface area contributed by atoms with Gasteiger partial charge in [0.1, 0.15) is 22.0 Å². The number of benzene rings is 4. The number of nitrogens with two attached hydrogens (primary N) is 1. The molecule has 40 heavy (non-hydrogen) atoms. The van der Waals surface area contributed by atoms with E-state index in [-0.39, 0.29) is 45.2 Å². The Morgan fingerprint density at radius 2 is 1.65 bits per heavy atom. The van der Waals surface area contributed by atoms with Gasteiger partial charge in [0.05, 0.1) is 21.7 Å². The van der Waals surface area contributed by atoms with Crippen LogP contribution in [0.2, 0.25) is 0 Å². The Morgan fingerprint density at radius 1 is 0.975 bits per heavy atom. The van der Waals surface area contributed by atoms with E-state index >= 15 is 0 Å². The second-order valence-corrected chi connectivity index (χ2v) is 11.8. The highest BCUT2D eigenvalue weighted by molar-refractivity contribution is 7.93. The van der Waals surface area contributed by atoms with Crippen molar-refractivity contribution in [1.29, 1.82) is 0 Å². The molecule has 0 aliphatic rings. The van der Waals surface area contributed by atoms with E-state index in [1.165, 1.54) is 41.6 Å². The molecule has 5 N–H and O–H groups in total. The zero-order valence-electron chi connectivity index (χ0n) is 21.3. The van der Waals surface area contributed by atoms with Gasteiger partial charge in [-0.2, -0.15) is 8.42 Å². The Balaban J connectivity index is 1.77. The van der Waals surface area contributed by atoms with Crippen molar-refractivity contribution >= 4 is 65.3 Å². The summed E-state index contributed by atoms with van der Waals surface area (Å²) in [5.41, 5.74) is 6.99. The number of carbonyl (C=O) groups excluding carboxylic acids is 1. The lowest BCUT2D eigenvalue weighted by molar-refractivity contribution is -0.114. The molecule has 0 aliphatic heterocycles. The summed E-state index contributed by atoms with van der Waals surface area (Å²) < 4.78 is 61.1. The second-order valence-electron chi connectivity index (χ2n) is 8.58. The molecule has 12 nitrogen and oxygen atoms in total. The average molecular weight is 584 g/mol. The maximum atomic E-state index is 13.7. The molecule has 0 atom stereocenters. The van der Waals surface area contributed by atoms with E-state index in [4.69, 9.17) is 5.73 Å². The number of phenolic OH excluding ortho intramolecular Hbond substituents is 1. The minimum atomic E-state index is -4.59. The maximum absolute atomic E-state index is 13.7. The highest BCUT2D eigenvalue weighted by Crippen LogP contribution is 2.41. The first-order chi connectivity index (χ1) is 18.8. The van der Waals surface area contributed by atoms with Gasteiger partial charge in [-0.05, 0) is 60.8 Å². The van der Waals surface area contributed by atoms with E-state index in [9.17, 15) is 31.3 Å². The first-order valence-electron chi connectivity index (χ1n) is 11.8. The number of rotatable bonds is 8. The molecule has 4 rings (SSSR count). The van der Waals surface area contributed by atoms with Crippen LogP contribution < -0.4 is 15.4 Å². The fourth-order valence-corrected chi connectivity index (χ4v) is 6.19. The molecule has 0 unspecified atom stereocenters. The smallest absolute Gasteiger partial charge is 0.294 e. The standard InChI is InChI=1S/C26H25N5O7S2/c1-3-31(19-11-9-18(10-12-19)28-16(2)32)39(34,35)24-7-5-4-6-22(24)29-30-26-21(27)13-8-17-14-20(40(36,37)38)15-23(33)25(17)26/h4-15,33H,3,27H2,1-2H3,(H,28,32)(H,36,37,38). The van der Waals surface area contributed by atoms with Crippen LogP contribution in [0.15, 0.2) is 92.8 Å². The number of nitrogens with one attached hydrogen (secondary N) is 1. The summed E-state index contributed by atoms with van der Waals surface area (Å²) in [6.45, 7) is 3.13. The van der Waals surface area contributed by atoms with E-state index in [2.05, 4.69) is 15.5 Å². The van der Waals surface area contributed by atoms with Crippen LogP contribution in [0.4, 0.5) is 28.4 Å². The molecule has 1 amide bonds. The summed E-state index contributed by atoms with van der Waals surface area (Å²) in [5.74, 6) is -0.779. The number of hydrogen-bond acceptors (Lipinski definition) is 9. The van der Waals surface area contributed by atoms with Crippen LogP contribution in [0, 0.1) is 0 Å². The number of azo groups is 1. The number of fused-ring (bicyclic) bond motifs is 1. The van der Waals surface area contributed by atoms with Gasteiger partial charge in [0.2, 0.25) is 5.91 Å². The minimum Gasteiger partial charge on any atom is -0.507 e. The highest BCUT2D eigenvalue weighted by Gasteiger charge is 2.27. The van der Waals surface area contributed by atoms with Crippen molar-refractivity contribution in [1.82, 2.24) is 0 Å². The number of aromatic hydroxyl groups is 1. The van der Waals surface area contributed by atoms with Gasteiger partial charge in [0.25, 0.3) is 20.1 Å². The molecule has 0 bridgehead atoms. The van der Waals surface area contributed by atoms with Gasteiger partial charge in [-0.1, -0.05) is 18.2 Å². The lowest BCUT2D eigenvalue weighted by Crippen LogP contribution is -2.30. The average Bonchev–Trinajstić information content (AvgIpc) is 2.88. The van der Waals surface area contributed by atoms with Gasteiger partial charge in [-0.15, -0.1) is 10.2 Å². The summed E-state index contributed by atoms with van der Waals surface area (Å²) in [6.07, 6.45) is 0. The van der Waals surface area contributed by atoms with Crippen LogP contribution in [0.3, 0.4) is 0 Å².